The van der Waals surface area contributed by atoms with Gasteiger partial charge in [0.25, 0.3) is 0 Å². The Bertz CT molecular complexity index is 268. The van der Waals surface area contributed by atoms with Crippen molar-refractivity contribution in [3.05, 3.63) is 12.2 Å². The van der Waals surface area contributed by atoms with Crippen LogP contribution < -0.4 is 0 Å². The number of nitrogens with zero attached hydrogens (tertiary/aromatic N) is 3. The normalized spacial score (nSPS) is 16.4. The first-order chi connectivity index (χ1) is 6.42. The molecule has 0 saturated heterocycles. The Balaban J connectivity index is 1.90. The second-order valence-electron chi connectivity index (χ2n) is 3.48. The molecule has 4 nitrogen and oxygen atoms in total. The van der Waals surface area contributed by atoms with Gasteiger partial charge in [0.05, 0.1) is 0 Å². The van der Waals surface area contributed by atoms with Crippen molar-refractivity contribution in [1.82, 2.24) is 14.8 Å². The highest BCUT2D eigenvalue weighted by molar-refractivity contribution is 4.94. The molecule has 0 N–H and O–H groups in total. The molecule has 0 aliphatic heterocycles. The van der Waals surface area contributed by atoms with E-state index in [9.17, 15) is 0 Å². The zero-order valence-corrected chi connectivity index (χ0v) is 7.94. The van der Waals surface area contributed by atoms with E-state index in [0.717, 1.165) is 25.3 Å². The summed E-state index contributed by atoms with van der Waals surface area (Å²) < 4.78 is 7.20. The van der Waals surface area contributed by atoms with E-state index in [0.29, 0.717) is 6.04 Å². The number of rotatable bonds is 5. The van der Waals surface area contributed by atoms with Crippen molar-refractivity contribution in [3.8, 4) is 0 Å². The van der Waals surface area contributed by atoms with Crippen LogP contribution in [0.2, 0.25) is 0 Å². The molecular formula is C9H15N3O. The minimum Gasteiger partial charge on any atom is -0.385 e. The highest BCUT2D eigenvalue weighted by atomic mass is 16.5. The van der Waals surface area contributed by atoms with Crippen LogP contribution >= 0.6 is 0 Å². The molecule has 2 rings (SSSR count). The Morgan fingerprint density at radius 2 is 2.46 bits per heavy atom. The van der Waals surface area contributed by atoms with Crippen LogP contribution in [-0.4, -0.2) is 28.5 Å². The standard InChI is InChI=1S/C9H15N3O/c1-13-6-2-3-9-11-10-7-12(9)8-4-5-8/h7-8H,2-6H2,1H3. The lowest BCUT2D eigenvalue weighted by atomic mass is 10.3. The largest absolute Gasteiger partial charge is 0.385 e. The summed E-state index contributed by atoms with van der Waals surface area (Å²) in [7, 11) is 1.73. The third kappa shape index (κ3) is 2.06. The van der Waals surface area contributed by atoms with Crippen LogP contribution in [0, 0.1) is 0 Å². The van der Waals surface area contributed by atoms with Gasteiger partial charge < -0.3 is 9.30 Å². The molecular weight excluding hydrogens is 166 g/mol. The summed E-state index contributed by atoms with van der Waals surface area (Å²) in [5.41, 5.74) is 0. The van der Waals surface area contributed by atoms with Crippen LogP contribution in [0.25, 0.3) is 0 Å². The lowest BCUT2D eigenvalue weighted by molar-refractivity contribution is 0.194. The summed E-state index contributed by atoms with van der Waals surface area (Å²) in [6.45, 7) is 0.803. The molecule has 1 fully saturated rings. The van der Waals surface area contributed by atoms with Gasteiger partial charge in [-0.05, 0) is 19.3 Å². The van der Waals surface area contributed by atoms with E-state index in [4.69, 9.17) is 4.74 Å². The molecule has 72 valence electrons. The highest BCUT2D eigenvalue weighted by Crippen LogP contribution is 2.35. The molecule has 0 amide bonds. The average molecular weight is 181 g/mol. The molecule has 0 radical (unpaired) electrons. The molecule has 0 atom stereocenters. The predicted octanol–water partition coefficient (Wildman–Crippen LogP) is 1.19. The maximum atomic E-state index is 5.00. The van der Waals surface area contributed by atoms with Gasteiger partial charge in [-0.3, -0.25) is 0 Å². The van der Waals surface area contributed by atoms with E-state index in [1.165, 1.54) is 12.8 Å². The molecule has 1 aliphatic carbocycles. The lowest BCUT2D eigenvalue weighted by Crippen LogP contribution is -2.02. The van der Waals surface area contributed by atoms with Crippen molar-refractivity contribution in [1.29, 1.82) is 0 Å². The molecule has 1 saturated carbocycles. The second-order valence-corrected chi connectivity index (χ2v) is 3.48. The zero-order chi connectivity index (χ0) is 9.10. The summed E-state index contributed by atoms with van der Waals surface area (Å²) >= 11 is 0. The van der Waals surface area contributed by atoms with Gasteiger partial charge in [-0.15, -0.1) is 10.2 Å². The Labute approximate surface area is 77.9 Å². The van der Waals surface area contributed by atoms with E-state index in [-0.39, 0.29) is 0 Å². The average Bonchev–Trinajstić information content (AvgIpc) is 2.88. The summed E-state index contributed by atoms with van der Waals surface area (Å²) in [6, 6.07) is 0.688. The van der Waals surface area contributed by atoms with Crippen LogP contribution in [0.15, 0.2) is 6.33 Å². The smallest absolute Gasteiger partial charge is 0.133 e. The quantitative estimate of drug-likeness (QED) is 0.641. The van der Waals surface area contributed by atoms with E-state index in [1.807, 2.05) is 6.33 Å². The minimum atomic E-state index is 0.688. The van der Waals surface area contributed by atoms with E-state index in [1.54, 1.807) is 7.11 Å². The first-order valence-corrected chi connectivity index (χ1v) is 4.79. The fourth-order valence-corrected chi connectivity index (χ4v) is 1.48. The van der Waals surface area contributed by atoms with Gasteiger partial charge in [0, 0.05) is 26.2 Å². The zero-order valence-electron chi connectivity index (χ0n) is 7.94. The Morgan fingerprint density at radius 3 is 3.15 bits per heavy atom. The van der Waals surface area contributed by atoms with Crippen molar-refractivity contribution in [2.24, 2.45) is 0 Å². The van der Waals surface area contributed by atoms with E-state index in [2.05, 4.69) is 14.8 Å². The molecule has 0 aromatic carbocycles. The molecule has 1 aromatic heterocycles. The molecule has 0 spiro atoms. The van der Waals surface area contributed by atoms with Gasteiger partial charge in [-0.25, -0.2) is 0 Å². The predicted molar refractivity (Wildman–Crippen MR) is 48.5 cm³/mol. The number of hydrogen-bond acceptors (Lipinski definition) is 3. The number of methoxy groups -OCH3 is 1. The molecule has 0 bridgehead atoms. The summed E-state index contributed by atoms with van der Waals surface area (Å²) in [6.07, 6.45) is 6.43. The van der Waals surface area contributed by atoms with Crippen LogP contribution in [0.3, 0.4) is 0 Å². The van der Waals surface area contributed by atoms with Gasteiger partial charge in [-0.1, -0.05) is 0 Å². The van der Waals surface area contributed by atoms with Crippen LogP contribution in [0.1, 0.15) is 31.1 Å². The first-order valence-electron chi connectivity index (χ1n) is 4.79. The van der Waals surface area contributed by atoms with Crippen molar-refractivity contribution in [2.75, 3.05) is 13.7 Å². The van der Waals surface area contributed by atoms with Crippen LogP contribution in [0.4, 0.5) is 0 Å². The number of aryl methyl sites for hydroxylation is 1. The third-order valence-corrected chi connectivity index (χ3v) is 2.34. The van der Waals surface area contributed by atoms with Crippen LogP contribution in [0.5, 0.6) is 0 Å². The maximum absolute atomic E-state index is 5.00. The van der Waals surface area contributed by atoms with Gasteiger partial charge in [0.2, 0.25) is 0 Å². The fourth-order valence-electron chi connectivity index (χ4n) is 1.48. The summed E-state index contributed by atoms with van der Waals surface area (Å²) in [4.78, 5) is 0. The molecule has 13 heavy (non-hydrogen) atoms. The number of hydrogen-bond donors (Lipinski definition) is 0. The third-order valence-electron chi connectivity index (χ3n) is 2.34. The number of aromatic nitrogens is 3. The SMILES string of the molecule is COCCCc1nncn1C1CC1. The minimum absolute atomic E-state index is 0.688. The Morgan fingerprint density at radius 1 is 1.62 bits per heavy atom. The summed E-state index contributed by atoms with van der Waals surface area (Å²) in [5.74, 6) is 1.11. The second kappa shape index (κ2) is 3.87. The molecule has 0 unspecified atom stereocenters. The Hall–Kier alpha value is -0.900. The molecule has 1 aromatic rings. The molecule has 1 aliphatic rings. The Kier molecular flexibility index (Phi) is 2.59. The molecule has 4 heteroatoms. The van der Waals surface area contributed by atoms with E-state index >= 15 is 0 Å². The lowest BCUT2D eigenvalue weighted by Gasteiger charge is -2.03. The highest BCUT2D eigenvalue weighted by Gasteiger charge is 2.25. The number of ether oxygens (including phenoxy) is 1. The fraction of sp³-hybridized carbons (Fsp3) is 0.778. The van der Waals surface area contributed by atoms with Crippen molar-refractivity contribution in [2.45, 2.75) is 31.7 Å². The topological polar surface area (TPSA) is 39.9 Å². The van der Waals surface area contributed by atoms with Gasteiger partial charge in [0.15, 0.2) is 0 Å². The first kappa shape index (κ1) is 8.69. The maximum Gasteiger partial charge on any atom is 0.133 e. The summed E-state index contributed by atoms with van der Waals surface area (Å²) in [5, 5.41) is 8.04. The van der Waals surface area contributed by atoms with Crippen molar-refractivity contribution in [3.63, 3.8) is 0 Å². The van der Waals surface area contributed by atoms with Crippen LogP contribution in [-0.2, 0) is 11.2 Å². The van der Waals surface area contributed by atoms with Gasteiger partial charge >= 0.3 is 0 Å². The van der Waals surface area contributed by atoms with E-state index < -0.39 is 0 Å². The van der Waals surface area contributed by atoms with Gasteiger partial charge in [0.1, 0.15) is 12.2 Å². The molecule has 1 heterocycles. The monoisotopic (exact) mass is 181 g/mol. The van der Waals surface area contributed by atoms with Crippen molar-refractivity contribution >= 4 is 0 Å². The van der Waals surface area contributed by atoms with Crippen molar-refractivity contribution < 1.29 is 4.74 Å². The van der Waals surface area contributed by atoms with Gasteiger partial charge in [-0.2, -0.15) is 0 Å².